The molecule has 0 amide bonds. The molecular formula is C12H22F12N4O8S4. The maximum atomic E-state index is 11.4. The van der Waals surface area contributed by atoms with Crippen molar-refractivity contribution in [2.75, 3.05) is 19.6 Å². The summed E-state index contributed by atoms with van der Waals surface area (Å²) in [6, 6.07) is 0. The summed E-state index contributed by atoms with van der Waals surface area (Å²) in [7, 11) is -26.9. The summed E-state index contributed by atoms with van der Waals surface area (Å²) in [6.07, 6.45) is 5.53. The predicted molar refractivity (Wildman–Crippen MR) is 110 cm³/mol. The van der Waals surface area contributed by atoms with Crippen LogP contribution in [-0.4, -0.2) is 75.3 Å². The van der Waals surface area contributed by atoms with Crippen LogP contribution in [0, 0.1) is 0 Å². The molecule has 0 aliphatic heterocycles. The van der Waals surface area contributed by atoms with Crippen LogP contribution < -0.4 is 11.1 Å². The van der Waals surface area contributed by atoms with Crippen molar-refractivity contribution in [3.63, 3.8) is 0 Å². The van der Waals surface area contributed by atoms with Gasteiger partial charge in [-0.15, -0.1) is 0 Å². The summed E-state index contributed by atoms with van der Waals surface area (Å²) < 4.78 is 218. The number of sulfonamides is 4. The van der Waals surface area contributed by atoms with Gasteiger partial charge in [-0.3, -0.25) is 0 Å². The molecule has 0 saturated heterocycles. The van der Waals surface area contributed by atoms with Gasteiger partial charge in [0, 0.05) is 0 Å². The Kier molecular flexibility index (Phi) is 17.2. The van der Waals surface area contributed by atoms with Crippen LogP contribution in [-0.2, 0) is 40.1 Å². The van der Waals surface area contributed by atoms with Gasteiger partial charge in [0.25, 0.3) is 0 Å². The van der Waals surface area contributed by atoms with Crippen molar-refractivity contribution in [1.82, 2.24) is 0 Å². The number of hydrogen-bond donors (Lipinski definition) is 2. The highest BCUT2D eigenvalue weighted by atomic mass is 32.3. The Bertz CT molecular complexity index is 999. The molecule has 0 fully saturated rings. The normalized spacial score (nSPS) is 14.1. The van der Waals surface area contributed by atoms with Gasteiger partial charge >= 0.3 is 22.0 Å². The van der Waals surface area contributed by atoms with Crippen LogP contribution in [0.5, 0.6) is 0 Å². The highest BCUT2D eigenvalue weighted by Gasteiger charge is 2.48. The van der Waals surface area contributed by atoms with Crippen LogP contribution in [0.15, 0.2) is 0 Å². The first kappa shape index (κ1) is 43.3. The lowest BCUT2D eigenvalue weighted by atomic mass is 10.2. The zero-order chi connectivity index (χ0) is 33.1. The lowest BCUT2D eigenvalue weighted by Gasteiger charge is -2.22. The number of nitrogens with zero attached hydrogens (tertiary/aromatic N) is 2. The van der Waals surface area contributed by atoms with Crippen molar-refractivity contribution in [3.8, 4) is 0 Å². The lowest BCUT2D eigenvalue weighted by Crippen LogP contribution is -2.87. The van der Waals surface area contributed by atoms with Gasteiger partial charge in [-0.2, -0.15) is 52.7 Å². The molecule has 0 aromatic carbocycles. The number of unbranched alkanes of at least 4 members (excludes halogenated alkanes) is 3. The van der Waals surface area contributed by atoms with Crippen LogP contribution in [0.25, 0.3) is 8.25 Å². The number of rotatable bonds is 11. The first-order chi connectivity index (χ1) is 17.3. The Labute approximate surface area is 220 Å². The first-order valence-electron chi connectivity index (χ1n) is 9.67. The van der Waals surface area contributed by atoms with Crippen molar-refractivity contribution in [3.05, 3.63) is 8.25 Å². The van der Waals surface area contributed by atoms with Gasteiger partial charge in [0.05, 0.1) is 6.54 Å². The molecule has 5 N–H and O–H groups in total. The third kappa shape index (κ3) is 16.3. The predicted octanol–water partition coefficient (Wildman–Crippen LogP) is 1.49. The van der Waals surface area contributed by atoms with Gasteiger partial charge < -0.3 is 19.3 Å². The van der Waals surface area contributed by atoms with E-state index in [9.17, 15) is 86.4 Å². The van der Waals surface area contributed by atoms with Crippen molar-refractivity contribution in [2.45, 2.75) is 54.6 Å². The van der Waals surface area contributed by atoms with Crippen LogP contribution in [0.1, 0.15) is 32.6 Å². The zero-order valence-electron chi connectivity index (χ0n) is 19.6. The minimum absolute atomic E-state index is 0.778. The molecule has 0 spiro atoms. The Morgan fingerprint density at radius 3 is 1.00 bits per heavy atom. The average molecular weight is 707 g/mol. The molecular weight excluding hydrogens is 684 g/mol. The lowest BCUT2D eigenvalue weighted by molar-refractivity contribution is -0.670. The molecule has 0 heterocycles. The van der Waals surface area contributed by atoms with Crippen molar-refractivity contribution in [1.29, 1.82) is 0 Å². The number of halogens is 12. The fourth-order valence-electron chi connectivity index (χ4n) is 1.43. The van der Waals surface area contributed by atoms with Crippen molar-refractivity contribution in [2.24, 2.45) is 0 Å². The van der Waals surface area contributed by atoms with E-state index in [0.717, 1.165) is 14.8 Å². The highest BCUT2D eigenvalue weighted by Crippen LogP contribution is 2.37. The van der Waals surface area contributed by atoms with E-state index in [1.807, 2.05) is 0 Å². The van der Waals surface area contributed by atoms with Gasteiger partial charge in [-0.1, -0.05) is 19.8 Å². The van der Waals surface area contributed by atoms with Crippen molar-refractivity contribution < 1.29 is 97.4 Å². The second-order valence-electron chi connectivity index (χ2n) is 6.61. The highest BCUT2D eigenvalue weighted by molar-refractivity contribution is 8.13. The summed E-state index contributed by atoms with van der Waals surface area (Å²) in [4.78, 5) is 0. The van der Waals surface area contributed by atoms with Gasteiger partial charge in [0.1, 0.15) is 13.1 Å². The molecule has 0 atom stereocenters. The van der Waals surface area contributed by atoms with Crippen LogP contribution in [0.2, 0.25) is 0 Å². The van der Waals surface area contributed by atoms with E-state index in [2.05, 4.69) is 18.0 Å². The fourth-order valence-corrected chi connectivity index (χ4v) is 4.85. The third-order valence-electron chi connectivity index (χ3n) is 3.23. The molecule has 28 heteroatoms. The molecule has 0 rings (SSSR count). The fraction of sp³-hybridized carbons (Fsp3) is 1.00. The maximum absolute atomic E-state index is 11.4. The van der Waals surface area contributed by atoms with Crippen molar-refractivity contribution >= 4 is 40.1 Å². The maximum Gasteiger partial charge on any atom is 0.480 e. The van der Waals surface area contributed by atoms with E-state index in [-0.39, 0.29) is 0 Å². The van der Waals surface area contributed by atoms with Crippen LogP contribution in [0.4, 0.5) is 52.7 Å². The molecule has 0 unspecified atom stereocenters. The molecule has 0 saturated carbocycles. The standard InChI is InChI=1S/C8H20N2.2C2F6NO4S2/c1-2-3-4-5-7-10-8-6-9;2*3-1(4,5)14(10,11)9-15(12,13)2(6,7)8/h10H,2-9H2,1H3;;/q;2*-1/p+2. The van der Waals surface area contributed by atoms with Gasteiger partial charge in [0.15, 0.2) is 40.1 Å². The zero-order valence-corrected chi connectivity index (χ0v) is 22.8. The molecule has 0 aromatic rings. The largest absolute Gasteiger partial charge is 0.480 e. The SMILES string of the molecule is CCCCCC[NH2+]CC[NH3+].O=S(=O)([N-]S(=O)(=O)C(F)(F)F)C(F)(F)F.O=S(=O)([N-]S(=O)(=O)C(F)(F)F)C(F)(F)F. The van der Waals surface area contributed by atoms with Gasteiger partial charge in [0.2, 0.25) is 0 Å². The number of quaternary nitrogens is 2. The second kappa shape index (κ2) is 15.9. The summed E-state index contributed by atoms with van der Waals surface area (Å²) >= 11 is 0. The van der Waals surface area contributed by atoms with Gasteiger partial charge in [-0.25, -0.2) is 33.7 Å². The number of nitrogens with two attached hydrogens (primary N) is 1. The molecule has 0 radical (unpaired) electrons. The van der Waals surface area contributed by atoms with E-state index in [0.29, 0.717) is 0 Å². The summed E-state index contributed by atoms with van der Waals surface area (Å²) in [5.74, 6) is 0. The molecule has 0 aliphatic rings. The first-order valence-corrected chi connectivity index (χ1v) is 15.4. The van der Waals surface area contributed by atoms with Gasteiger partial charge in [-0.05, 0) is 12.8 Å². The summed E-state index contributed by atoms with van der Waals surface area (Å²) in [6.45, 7) is 5.81. The molecule has 0 aromatic heterocycles. The number of alkyl halides is 12. The Morgan fingerprint density at radius 1 is 0.525 bits per heavy atom. The molecule has 246 valence electrons. The Morgan fingerprint density at radius 2 is 0.800 bits per heavy atom. The smallest absolute Gasteiger partial charge is 0.421 e. The minimum Gasteiger partial charge on any atom is -0.421 e. The molecule has 0 aliphatic carbocycles. The monoisotopic (exact) mass is 706 g/mol. The molecule has 0 bridgehead atoms. The number of hydrogen-bond acceptors (Lipinski definition) is 8. The third-order valence-corrected chi connectivity index (χ3v) is 8.71. The Hall–Kier alpha value is -1.20. The topological polar surface area (TPSA) is 209 Å². The molecule has 40 heavy (non-hydrogen) atoms. The average Bonchev–Trinajstić information content (AvgIpc) is 2.67. The van der Waals surface area contributed by atoms with E-state index in [1.165, 1.54) is 38.8 Å². The van der Waals surface area contributed by atoms with Crippen LogP contribution >= 0.6 is 0 Å². The van der Waals surface area contributed by atoms with E-state index >= 15 is 0 Å². The Balaban J connectivity index is -0.000000525. The molecule has 12 nitrogen and oxygen atoms in total. The van der Waals surface area contributed by atoms with E-state index < -0.39 is 62.1 Å². The van der Waals surface area contributed by atoms with E-state index in [4.69, 9.17) is 0 Å². The minimum atomic E-state index is -6.72. The second-order valence-corrected chi connectivity index (χ2v) is 13.5. The quantitative estimate of drug-likeness (QED) is 0.237. The summed E-state index contributed by atoms with van der Waals surface area (Å²) in [5.41, 5.74) is -21.0. The van der Waals surface area contributed by atoms with E-state index in [1.54, 1.807) is 0 Å². The van der Waals surface area contributed by atoms with Crippen LogP contribution in [0.3, 0.4) is 0 Å². The summed E-state index contributed by atoms with van der Waals surface area (Å²) in [5, 5.41) is 2.36.